The highest BCUT2D eigenvalue weighted by molar-refractivity contribution is 6.29. The smallest absolute Gasteiger partial charge is 0.417 e. The van der Waals surface area contributed by atoms with Gasteiger partial charge in [-0.25, -0.2) is 0 Å². The lowest BCUT2D eigenvalue weighted by molar-refractivity contribution is -0.137. The Morgan fingerprint density at radius 1 is 1.09 bits per heavy atom. The molecule has 23 heavy (non-hydrogen) atoms. The minimum atomic E-state index is -4.42. The maximum atomic E-state index is 12.7. The molecule has 2 heterocycles. The van der Waals surface area contributed by atoms with Crippen molar-refractivity contribution in [2.75, 3.05) is 0 Å². The number of aromatic nitrogens is 3. The Morgan fingerprint density at radius 3 is 2.65 bits per heavy atom. The van der Waals surface area contributed by atoms with Crippen molar-refractivity contribution in [3.8, 4) is 5.75 Å². The number of hydrogen-bond donors (Lipinski definition) is 0. The molecule has 0 bridgehead atoms. The van der Waals surface area contributed by atoms with Crippen LogP contribution in [-0.2, 0) is 12.8 Å². The summed E-state index contributed by atoms with van der Waals surface area (Å²) in [6.45, 7) is 0.161. The van der Waals surface area contributed by atoms with E-state index in [0.717, 1.165) is 12.3 Å². The van der Waals surface area contributed by atoms with E-state index in [1.807, 2.05) is 0 Å². The largest absolute Gasteiger partial charge is 0.487 e. The monoisotopic (exact) mass is 339 g/mol. The van der Waals surface area contributed by atoms with Crippen LogP contribution in [0.2, 0.25) is 5.15 Å². The van der Waals surface area contributed by atoms with Gasteiger partial charge in [0.15, 0.2) is 5.15 Å². The van der Waals surface area contributed by atoms with Crippen LogP contribution in [0.5, 0.6) is 5.75 Å². The number of ether oxygens (including phenoxy) is 1. The lowest BCUT2D eigenvalue weighted by atomic mass is 10.1. The molecule has 3 rings (SSSR count). The zero-order chi connectivity index (χ0) is 16.4. The first kappa shape index (κ1) is 15.5. The summed E-state index contributed by atoms with van der Waals surface area (Å²) in [5, 5.41) is 7.82. The molecule has 0 atom stereocenters. The van der Waals surface area contributed by atoms with Crippen LogP contribution < -0.4 is 4.74 Å². The summed E-state index contributed by atoms with van der Waals surface area (Å²) < 4.78 is 43.7. The number of pyridine rings is 1. The molecule has 8 heteroatoms. The zero-order valence-corrected chi connectivity index (χ0v) is 12.3. The molecule has 2 aromatic heterocycles. The molecule has 3 aromatic rings. The molecule has 0 N–H and O–H groups in total. The SMILES string of the molecule is FC(F)(F)c1cnc2ccc(COc3cnnc(Cl)c3)cc2c1. The van der Waals surface area contributed by atoms with E-state index in [2.05, 4.69) is 15.2 Å². The number of rotatable bonds is 3. The van der Waals surface area contributed by atoms with E-state index >= 15 is 0 Å². The minimum Gasteiger partial charge on any atom is -0.487 e. The van der Waals surface area contributed by atoms with Crippen LogP contribution in [0.15, 0.2) is 42.7 Å². The summed E-state index contributed by atoms with van der Waals surface area (Å²) in [5.74, 6) is 0.423. The molecule has 0 spiro atoms. The number of nitrogens with zero attached hydrogens (tertiary/aromatic N) is 3. The van der Waals surface area contributed by atoms with Gasteiger partial charge in [-0.2, -0.15) is 18.3 Å². The molecule has 0 aliphatic rings. The van der Waals surface area contributed by atoms with E-state index in [1.54, 1.807) is 18.2 Å². The number of halogens is 4. The summed E-state index contributed by atoms with van der Waals surface area (Å²) in [7, 11) is 0. The predicted octanol–water partition coefficient (Wildman–Crippen LogP) is 4.28. The molecule has 0 unspecified atom stereocenters. The lowest BCUT2D eigenvalue weighted by Crippen LogP contribution is -2.05. The zero-order valence-electron chi connectivity index (χ0n) is 11.5. The molecule has 0 aliphatic carbocycles. The average molecular weight is 340 g/mol. The van der Waals surface area contributed by atoms with Crippen molar-refractivity contribution < 1.29 is 17.9 Å². The molecule has 0 saturated carbocycles. The minimum absolute atomic E-state index is 0.161. The average Bonchev–Trinajstić information content (AvgIpc) is 2.51. The van der Waals surface area contributed by atoms with Crippen molar-refractivity contribution >= 4 is 22.5 Å². The van der Waals surface area contributed by atoms with Gasteiger partial charge < -0.3 is 4.74 Å². The molecule has 0 saturated heterocycles. The van der Waals surface area contributed by atoms with E-state index in [9.17, 15) is 13.2 Å². The first-order valence-electron chi connectivity index (χ1n) is 6.49. The third-order valence-electron chi connectivity index (χ3n) is 3.08. The molecule has 0 radical (unpaired) electrons. The highest BCUT2D eigenvalue weighted by atomic mass is 35.5. The molecule has 0 fully saturated rings. The fourth-order valence-electron chi connectivity index (χ4n) is 2.00. The number of benzene rings is 1. The van der Waals surface area contributed by atoms with Gasteiger partial charge in [0.05, 0.1) is 17.3 Å². The van der Waals surface area contributed by atoms with Gasteiger partial charge in [-0.3, -0.25) is 4.98 Å². The van der Waals surface area contributed by atoms with Crippen LogP contribution in [0.3, 0.4) is 0 Å². The summed E-state index contributed by atoms with van der Waals surface area (Å²) in [5.41, 5.74) is 0.398. The fraction of sp³-hybridized carbons (Fsp3) is 0.133. The Bertz CT molecular complexity index is 855. The second-order valence-electron chi connectivity index (χ2n) is 4.75. The van der Waals surface area contributed by atoms with Crippen LogP contribution >= 0.6 is 11.6 Å². The number of hydrogen-bond acceptors (Lipinski definition) is 4. The van der Waals surface area contributed by atoms with Gasteiger partial charge in [0.2, 0.25) is 0 Å². The van der Waals surface area contributed by atoms with Crippen LogP contribution in [0, 0.1) is 0 Å². The molecular formula is C15H9ClF3N3O. The Kier molecular flexibility index (Phi) is 4.04. The van der Waals surface area contributed by atoms with Crippen molar-refractivity contribution in [3.05, 3.63) is 59.0 Å². The maximum Gasteiger partial charge on any atom is 0.417 e. The van der Waals surface area contributed by atoms with Crippen molar-refractivity contribution in [1.29, 1.82) is 0 Å². The summed E-state index contributed by atoms with van der Waals surface area (Å²) in [4.78, 5) is 3.82. The van der Waals surface area contributed by atoms with E-state index in [-0.39, 0.29) is 11.8 Å². The number of alkyl halides is 3. The Balaban J connectivity index is 1.84. The van der Waals surface area contributed by atoms with E-state index in [1.165, 1.54) is 12.3 Å². The van der Waals surface area contributed by atoms with E-state index < -0.39 is 11.7 Å². The third kappa shape index (κ3) is 3.68. The Hall–Kier alpha value is -2.41. The topological polar surface area (TPSA) is 47.9 Å². The first-order chi connectivity index (χ1) is 10.9. The van der Waals surface area contributed by atoms with Gasteiger partial charge in [-0.15, -0.1) is 5.10 Å². The standard InChI is InChI=1S/C15H9ClF3N3O/c16-14-5-12(7-21-22-14)23-8-9-1-2-13-10(3-9)4-11(6-20-13)15(17,18)19/h1-7H,8H2. The van der Waals surface area contributed by atoms with Gasteiger partial charge in [-0.05, 0) is 23.8 Å². The third-order valence-corrected chi connectivity index (χ3v) is 3.26. The second-order valence-corrected chi connectivity index (χ2v) is 5.14. The van der Waals surface area contributed by atoms with E-state index in [4.69, 9.17) is 16.3 Å². The van der Waals surface area contributed by atoms with Gasteiger partial charge in [0.1, 0.15) is 12.4 Å². The summed E-state index contributed by atoms with van der Waals surface area (Å²) >= 11 is 5.70. The molecule has 118 valence electrons. The highest BCUT2D eigenvalue weighted by Crippen LogP contribution is 2.30. The molecular weight excluding hydrogens is 331 g/mol. The quantitative estimate of drug-likeness (QED) is 0.714. The molecule has 1 aromatic carbocycles. The summed E-state index contributed by atoms with van der Waals surface area (Å²) in [6, 6.07) is 7.55. The van der Waals surface area contributed by atoms with Crippen LogP contribution in [0.4, 0.5) is 13.2 Å². The Morgan fingerprint density at radius 2 is 1.91 bits per heavy atom. The Labute approximate surface area is 133 Å². The van der Waals surface area contributed by atoms with E-state index in [0.29, 0.717) is 22.2 Å². The normalized spacial score (nSPS) is 11.7. The van der Waals surface area contributed by atoms with Gasteiger partial charge in [-0.1, -0.05) is 17.7 Å². The lowest BCUT2D eigenvalue weighted by Gasteiger charge is -2.09. The second kappa shape index (κ2) is 6.00. The van der Waals surface area contributed by atoms with Crippen LogP contribution in [0.25, 0.3) is 10.9 Å². The number of fused-ring (bicyclic) bond motifs is 1. The van der Waals surface area contributed by atoms with Gasteiger partial charge in [0.25, 0.3) is 0 Å². The summed E-state index contributed by atoms with van der Waals surface area (Å²) in [6.07, 6.45) is -2.20. The van der Waals surface area contributed by atoms with Gasteiger partial charge in [0, 0.05) is 17.6 Å². The molecule has 0 aliphatic heterocycles. The molecule has 4 nitrogen and oxygen atoms in total. The molecule has 0 amide bonds. The van der Waals surface area contributed by atoms with Gasteiger partial charge >= 0.3 is 6.18 Å². The fourth-order valence-corrected chi connectivity index (χ4v) is 2.15. The first-order valence-corrected chi connectivity index (χ1v) is 6.86. The van der Waals surface area contributed by atoms with Crippen LogP contribution in [0.1, 0.15) is 11.1 Å². The van der Waals surface area contributed by atoms with Crippen molar-refractivity contribution in [2.45, 2.75) is 12.8 Å². The maximum absolute atomic E-state index is 12.7. The van der Waals surface area contributed by atoms with Crippen molar-refractivity contribution in [1.82, 2.24) is 15.2 Å². The van der Waals surface area contributed by atoms with Crippen molar-refractivity contribution in [2.24, 2.45) is 0 Å². The van der Waals surface area contributed by atoms with Crippen molar-refractivity contribution in [3.63, 3.8) is 0 Å². The highest BCUT2D eigenvalue weighted by Gasteiger charge is 2.30. The van der Waals surface area contributed by atoms with Crippen LogP contribution in [-0.4, -0.2) is 15.2 Å². The predicted molar refractivity (Wildman–Crippen MR) is 78.1 cm³/mol.